The molecule has 0 unspecified atom stereocenters. The Labute approximate surface area is 215 Å². The summed E-state index contributed by atoms with van der Waals surface area (Å²) < 4.78 is 2.66. The standard InChI is InChI=1S/C28H32N6O3/c1-17-16-30-19(3)31-25(17)32-22(18(2)35)14-20-9-11-21(12-10-20)33-26-23(8-7-13-29-26)34(27(33)37)24(36)15-28(4,5)6/h7-13,16,22H,14-15H2,1-6H3,(H,30,31,32)/t22-/m0/s1. The van der Waals surface area contributed by atoms with E-state index in [4.69, 9.17) is 0 Å². The van der Waals surface area contributed by atoms with Crippen molar-refractivity contribution < 1.29 is 9.59 Å². The maximum atomic E-state index is 13.4. The molecule has 1 N–H and O–H groups in total. The third-order valence-electron chi connectivity index (χ3n) is 6.06. The summed E-state index contributed by atoms with van der Waals surface area (Å²) in [6.07, 6.45) is 4.00. The van der Waals surface area contributed by atoms with Crippen LogP contribution in [0.2, 0.25) is 0 Å². The second-order valence-electron chi connectivity index (χ2n) is 10.6. The van der Waals surface area contributed by atoms with E-state index >= 15 is 0 Å². The molecule has 9 heteroatoms. The summed E-state index contributed by atoms with van der Waals surface area (Å²) in [6.45, 7) is 11.1. The molecule has 1 atom stereocenters. The molecule has 0 spiro atoms. The van der Waals surface area contributed by atoms with Crippen LogP contribution in [0.15, 0.2) is 53.6 Å². The predicted octanol–water partition coefficient (Wildman–Crippen LogP) is 4.28. The average Bonchev–Trinajstić information content (AvgIpc) is 3.12. The summed E-state index contributed by atoms with van der Waals surface area (Å²) in [7, 11) is 0. The number of carbonyl (C=O) groups excluding carboxylic acids is 2. The molecule has 0 bridgehead atoms. The quantitative estimate of drug-likeness (QED) is 0.403. The monoisotopic (exact) mass is 500 g/mol. The number of nitrogens with one attached hydrogen (secondary N) is 1. The van der Waals surface area contributed by atoms with Crippen LogP contribution in [0.1, 0.15) is 55.9 Å². The van der Waals surface area contributed by atoms with Crippen LogP contribution in [0.25, 0.3) is 16.9 Å². The first kappa shape index (κ1) is 25.9. The van der Waals surface area contributed by atoms with Gasteiger partial charge in [0.15, 0.2) is 11.4 Å². The number of benzene rings is 1. The van der Waals surface area contributed by atoms with Gasteiger partial charge in [-0.2, -0.15) is 0 Å². The lowest BCUT2D eigenvalue weighted by atomic mass is 9.92. The van der Waals surface area contributed by atoms with Crippen LogP contribution in [0, 0.1) is 19.3 Å². The molecule has 1 aromatic carbocycles. The highest BCUT2D eigenvalue weighted by molar-refractivity contribution is 5.90. The number of carbonyl (C=O) groups is 2. The maximum absolute atomic E-state index is 13.4. The van der Waals surface area contributed by atoms with Crippen LogP contribution >= 0.6 is 0 Å². The minimum atomic E-state index is -0.472. The molecular weight excluding hydrogens is 468 g/mol. The van der Waals surface area contributed by atoms with Crippen molar-refractivity contribution in [1.29, 1.82) is 0 Å². The molecule has 0 fully saturated rings. The predicted molar refractivity (Wildman–Crippen MR) is 143 cm³/mol. The molecule has 0 aliphatic heterocycles. The van der Waals surface area contributed by atoms with E-state index in [-0.39, 0.29) is 23.5 Å². The van der Waals surface area contributed by atoms with Crippen molar-refractivity contribution in [1.82, 2.24) is 24.1 Å². The highest BCUT2D eigenvalue weighted by atomic mass is 16.2. The van der Waals surface area contributed by atoms with Gasteiger partial charge in [-0.3, -0.25) is 9.59 Å². The average molecular weight is 501 g/mol. The number of aromatic nitrogens is 5. The molecule has 4 aromatic rings. The van der Waals surface area contributed by atoms with Gasteiger partial charge in [0, 0.05) is 24.4 Å². The topological polar surface area (TPSA) is 112 Å². The normalized spacial score (nSPS) is 12.5. The third kappa shape index (κ3) is 5.66. The van der Waals surface area contributed by atoms with Crippen LogP contribution in [-0.4, -0.2) is 41.8 Å². The molecule has 3 aromatic heterocycles. The molecule has 4 rings (SSSR count). The lowest BCUT2D eigenvalue weighted by molar-refractivity contribution is -0.117. The van der Waals surface area contributed by atoms with Crippen LogP contribution in [0.5, 0.6) is 0 Å². The first-order chi connectivity index (χ1) is 17.4. The zero-order valence-electron chi connectivity index (χ0n) is 22.1. The van der Waals surface area contributed by atoms with Gasteiger partial charge in [0.05, 0.1) is 17.2 Å². The first-order valence-electron chi connectivity index (χ1n) is 12.2. The van der Waals surface area contributed by atoms with Crippen LogP contribution in [-0.2, 0) is 11.2 Å². The Morgan fingerprint density at radius 1 is 1.05 bits per heavy atom. The fraction of sp³-hybridized carbons (Fsp3) is 0.357. The van der Waals surface area contributed by atoms with E-state index in [1.165, 1.54) is 9.13 Å². The number of hydrogen-bond acceptors (Lipinski definition) is 7. The molecular formula is C28H32N6O3. The van der Waals surface area contributed by atoms with E-state index in [2.05, 4.69) is 20.3 Å². The van der Waals surface area contributed by atoms with Crippen LogP contribution in [0.4, 0.5) is 5.82 Å². The van der Waals surface area contributed by atoms with Gasteiger partial charge in [0.25, 0.3) is 0 Å². The number of hydrogen-bond donors (Lipinski definition) is 1. The molecule has 0 aliphatic carbocycles. The highest BCUT2D eigenvalue weighted by Gasteiger charge is 2.24. The molecule has 3 heterocycles. The maximum Gasteiger partial charge on any atom is 0.341 e. The van der Waals surface area contributed by atoms with Gasteiger partial charge in [-0.05, 0) is 62.4 Å². The molecule has 0 radical (unpaired) electrons. The van der Waals surface area contributed by atoms with Gasteiger partial charge in [0.1, 0.15) is 11.6 Å². The van der Waals surface area contributed by atoms with Gasteiger partial charge in [-0.1, -0.05) is 32.9 Å². The number of fused-ring (bicyclic) bond motifs is 1. The van der Waals surface area contributed by atoms with Crippen molar-refractivity contribution in [2.24, 2.45) is 5.41 Å². The lowest BCUT2D eigenvalue weighted by Gasteiger charge is -2.18. The Morgan fingerprint density at radius 3 is 2.41 bits per heavy atom. The van der Waals surface area contributed by atoms with Crippen LogP contribution in [0.3, 0.4) is 0 Å². The van der Waals surface area contributed by atoms with E-state index in [1.54, 1.807) is 50.5 Å². The number of nitrogens with zero attached hydrogens (tertiary/aromatic N) is 5. The molecule has 9 nitrogen and oxygen atoms in total. The van der Waals surface area contributed by atoms with Crippen molar-refractivity contribution >= 4 is 28.7 Å². The van der Waals surface area contributed by atoms with E-state index in [9.17, 15) is 14.4 Å². The Balaban J connectivity index is 1.65. The van der Waals surface area contributed by atoms with Crippen molar-refractivity contribution in [3.05, 3.63) is 76.2 Å². The molecule has 0 amide bonds. The number of pyridine rings is 1. The minimum absolute atomic E-state index is 0.0133. The first-order valence-corrected chi connectivity index (χ1v) is 12.2. The summed E-state index contributed by atoms with van der Waals surface area (Å²) >= 11 is 0. The van der Waals surface area contributed by atoms with E-state index in [1.807, 2.05) is 39.8 Å². The third-order valence-corrected chi connectivity index (χ3v) is 6.06. The Bertz CT molecular complexity index is 1530. The van der Waals surface area contributed by atoms with Crippen molar-refractivity contribution in [3.63, 3.8) is 0 Å². The van der Waals surface area contributed by atoms with Crippen molar-refractivity contribution in [2.45, 2.75) is 60.4 Å². The lowest BCUT2D eigenvalue weighted by Crippen LogP contribution is -2.31. The number of Topliss-reactive ketones (excluding diaryl/α,β-unsaturated/α-hetero) is 1. The molecule has 192 valence electrons. The minimum Gasteiger partial charge on any atom is -0.360 e. The number of aryl methyl sites for hydroxylation is 2. The molecule has 0 aliphatic rings. The second kappa shape index (κ2) is 10.1. The Hall–Kier alpha value is -4.14. The Morgan fingerprint density at radius 2 is 1.76 bits per heavy atom. The van der Waals surface area contributed by atoms with Crippen LogP contribution < -0.4 is 11.0 Å². The summed E-state index contributed by atoms with van der Waals surface area (Å²) in [5.74, 6) is 0.978. The number of ketones is 1. The van der Waals surface area contributed by atoms with Gasteiger partial charge in [-0.25, -0.2) is 28.9 Å². The SMILES string of the molecule is CC(=O)[C@H](Cc1ccc(-n2c(=O)n(C(=O)CC(C)(C)C)c3cccnc32)cc1)Nc1nc(C)ncc1C. The van der Waals surface area contributed by atoms with E-state index < -0.39 is 11.7 Å². The zero-order valence-corrected chi connectivity index (χ0v) is 22.1. The summed E-state index contributed by atoms with van der Waals surface area (Å²) in [4.78, 5) is 51.9. The summed E-state index contributed by atoms with van der Waals surface area (Å²) in [5.41, 5.74) is 2.54. The largest absolute Gasteiger partial charge is 0.360 e. The summed E-state index contributed by atoms with van der Waals surface area (Å²) in [6, 6.07) is 10.3. The molecule has 0 saturated carbocycles. The highest BCUT2D eigenvalue weighted by Crippen LogP contribution is 2.22. The van der Waals surface area contributed by atoms with Gasteiger partial charge in [0.2, 0.25) is 5.91 Å². The fourth-order valence-electron chi connectivity index (χ4n) is 4.19. The van der Waals surface area contributed by atoms with Gasteiger partial charge in [-0.15, -0.1) is 0 Å². The van der Waals surface area contributed by atoms with E-state index in [0.29, 0.717) is 34.9 Å². The summed E-state index contributed by atoms with van der Waals surface area (Å²) in [5, 5.41) is 3.24. The fourth-order valence-corrected chi connectivity index (χ4v) is 4.19. The number of anilines is 1. The van der Waals surface area contributed by atoms with Crippen molar-refractivity contribution in [3.8, 4) is 5.69 Å². The van der Waals surface area contributed by atoms with Crippen molar-refractivity contribution in [2.75, 3.05) is 5.32 Å². The molecule has 0 saturated heterocycles. The number of imidazole rings is 1. The second-order valence-corrected chi connectivity index (χ2v) is 10.6. The molecule has 37 heavy (non-hydrogen) atoms. The van der Waals surface area contributed by atoms with E-state index in [0.717, 1.165) is 11.1 Å². The van der Waals surface area contributed by atoms with Gasteiger partial charge < -0.3 is 5.32 Å². The zero-order chi connectivity index (χ0) is 26.9. The smallest absolute Gasteiger partial charge is 0.341 e. The van der Waals surface area contributed by atoms with Gasteiger partial charge >= 0.3 is 5.69 Å². The Kier molecular flexibility index (Phi) is 7.07. The number of rotatable bonds is 7.